The number of piperidine rings is 1. The molecule has 8 nitrogen and oxygen atoms in total. The predicted octanol–water partition coefficient (Wildman–Crippen LogP) is 4.22. The fraction of sp³-hybridized carbons (Fsp3) is 0.609. The van der Waals surface area contributed by atoms with Crippen molar-refractivity contribution in [2.45, 2.75) is 65.0 Å². The average Bonchev–Trinajstić information content (AvgIpc) is 3.30. The van der Waals surface area contributed by atoms with Gasteiger partial charge in [-0.3, -0.25) is 4.90 Å². The van der Waals surface area contributed by atoms with Gasteiger partial charge in [-0.2, -0.15) is 4.98 Å². The Hall–Kier alpha value is -2.77. The molecule has 4 rings (SSSR count). The topological polar surface area (TPSA) is 74.9 Å². The van der Waals surface area contributed by atoms with Crippen molar-refractivity contribution in [3.63, 3.8) is 0 Å². The van der Waals surface area contributed by atoms with Gasteiger partial charge in [-0.1, -0.05) is 5.16 Å². The molecule has 0 saturated carbocycles. The van der Waals surface area contributed by atoms with E-state index in [2.05, 4.69) is 27.2 Å². The van der Waals surface area contributed by atoms with E-state index in [9.17, 15) is 4.79 Å². The number of rotatable bonds is 3. The molecule has 8 heteroatoms. The van der Waals surface area contributed by atoms with E-state index in [0.717, 1.165) is 45.3 Å². The van der Waals surface area contributed by atoms with Crippen LogP contribution in [0.3, 0.4) is 0 Å². The van der Waals surface area contributed by atoms with E-state index in [0.29, 0.717) is 23.8 Å². The van der Waals surface area contributed by atoms with Gasteiger partial charge >= 0.3 is 12.1 Å². The number of aryl methyl sites for hydroxylation is 1. The first-order valence-corrected chi connectivity index (χ1v) is 11.2. The van der Waals surface area contributed by atoms with Gasteiger partial charge in [-0.15, -0.1) is 0 Å². The Balaban J connectivity index is 1.34. The van der Waals surface area contributed by atoms with Gasteiger partial charge in [0.25, 0.3) is 0 Å². The van der Waals surface area contributed by atoms with Crippen molar-refractivity contribution in [2.24, 2.45) is 5.92 Å². The third-order valence-corrected chi connectivity index (χ3v) is 6.03. The molecule has 0 radical (unpaired) electrons. The summed E-state index contributed by atoms with van der Waals surface area (Å²) in [7, 11) is 0. The maximum Gasteiger partial charge on any atom is 0.410 e. The van der Waals surface area contributed by atoms with Gasteiger partial charge in [-0.05, 0) is 77.5 Å². The molecule has 0 aliphatic carbocycles. The Kier molecular flexibility index (Phi) is 6.07. The van der Waals surface area contributed by atoms with Crippen molar-refractivity contribution in [1.29, 1.82) is 0 Å². The highest BCUT2D eigenvalue weighted by molar-refractivity contribution is 5.69. The number of ether oxygens (including phenoxy) is 1. The summed E-state index contributed by atoms with van der Waals surface area (Å²) in [5, 5.41) is 3.86. The zero-order valence-corrected chi connectivity index (χ0v) is 19.0. The van der Waals surface area contributed by atoms with Gasteiger partial charge in [-0.25, -0.2) is 4.79 Å². The van der Waals surface area contributed by atoms with Crippen molar-refractivity contribution in [2.75, 3.05) is 24.5 Å². The number of nitrogens with zero attached hydrogens (tertiary/aromatic N) is 5. The molecular formula is C23H33N5O3. The molecule has 168 valence electrons. The fourth-order valence-corrected chi connectivity index (χ4v) is 4.60. The molecule has 2 saturated heterocycles. The van der Waals surface area contributed by atoms with Crippen LogP contribution < -0.4 is 4.90 Å². The molecule has 2 fully saturated rings. The van der Waals surface area contributed by atoms with E-state index < -0.39 is 5.60 Å². The molecule has 3 aliphatic heterocycles. The van der Waals surface area contributed by atoms with E-state index in [4.69, 9.17) is 9.26 Å². The molecule has 1 aromatic heterocycles. The Labute approximate surface area is 184 Å². The monoisotopic (exact) mass is 427 g/mol. The van der Waals surface area contributed by atoms with E-state index >= 15 is 0 Å². The Morgan fingerprint density at radius 1 is 1.16 bits per heavy atom. The van der Waals surface area contributed by atoms with Crippen molar-refractivity contribution in [3.8, 4) is 0 Å². The molecule has 1 aromatic rings. The van der Waals surface area contributed by atoms with E-state index in [1.807, 2.05) is 49.0 Å². The number of hydrogen-bond donors (Lipinski definition) is 0. The standard InChI is InChI=1S/C23H33N5O3/c1-17-24-21(31-25-17)27-12-5-7-19(11-16-27)26-14-9-18(10-15-26)20-8-6-13-28(20)22(29)30-23(2,3)4/h5,7,11-12,16,18,20H,6,8-10,13-15H2,1-4H3/t20-/m0/s1. The van der Waals surface area contributed by atoms with Crippen LogP contribution in [0.15, 0.2) is 40.8 Å². The molecule has 3 aliphatic rings. The van der Waals surface area contributed by atoms with Gasteiger partial charge in [0.1, 0.15) is 5.60 Å². The first-order valence-electron chi connectivity index (χ1n) is 11.2. The predicted molar refractivity (Wildman–Crippen MR) is 118 cm³/mol. The summed E-state index contributed by atoms with van der Waals surface area (Å²) in [6.45, 7) is 10.4. The van der Waals surface area contributed by atoms with Crippen molar-refractivity contribution in [1.82, 2.24) is 19.9 Å². The summed E-state index contributed by atoms with van der Waals surface area (Å²) in [4.78, 5) is 23.1. The van der Waals surface area contributed by atoms with Crippen LogP contribution in [-0.4, -0.2) is 57.3 Å². The highest BCUT2D eigenvalue weighted by Crippen LogP contribution is 2.33. The number of anilines is 1. The van der Waals surface area contributed by atoms with Gasteiger partial charge in [0.05, 0.1) is 0 Å². The average molecular weight is 428 g/mol. The number of amides is 1. The van der Waals surface area contributed by atoms with Crippen LogP contribution in [0.1, 0.15) is 52.3 Å². The van der Waals surface area contributed by atoms with Crippen LogP contribution in [0, 0.1) is 12.8 Å². The summed E-state index contributed by atoms with van der Waals surface area (Å²) >= 11 is 0. The molecule has 31 heavy (non-hydrogen) atoms. The molecule has 0 spiro atoms. The van der Waals surface area contributed by atoms with Crippen LogP contribution in [-0.2, 0) is 4.74 Å². The van der Waals surface area contributed by atoms with Gasteiger partial charge in [0.15, 0.2) is 5.82 Å². The summed E-state index contributed by atoms with van der Waals surface area (Å²) < 4.78 is 10.9. The maximum atomic E-state index is 12.7. The summed E-state index contributed by atoms with van der Waals surface area (Å²) in [6.07, 6.45) is 14.2. The number of allylic oxidation sites excluding steroid dienone is 3. The quantitative estimate of drug-likeness (QED) is 0.715. The summed E-state index contributed by atoms with van der Waals surface area (Å²) in [5.41, 5.74) is 0.719. The van der Waals surface area contributed by atoms with Crippen molar-refractivity contribution in [3.05, 3.63) is 42.1 Å². The van der Waals surface area contributed by atoms with Crippen LogP contribution in [0.4, 0.5) is 10.8 Å². The number of hydrogen-bond acceptors (Lipinski definition) is 7. The molecule has 0 unspecified atom stereocenters. The number of likely N-dealkylation sites (tertiary alicyclic amines) is 2. The minimum Gasteiger partial charge on any atom is -0.444 e. The van der Waals surface area contributed by atoms with E-state index in [1.165, 1.54) is 5.70 Å². The lowest BCUT2D eigenvalue weighted by Crippen LogP contribution is -2.46. The number of carbonyl (C=O) groups is 1. The van der Waals surface area contributed by atoms with Crippen molar-refractivity contribution >= 4 is 12.1 Å². The third-order valence-electron chi connectivity index (χ3n) is 6.03. The van der Waals surface area contributed by atoms with Crippen LogP contribution >= 0.6 is 0 Å². The van der Waals surface area contributed by atoms with Crippen LogP contribution in [0.25, 0.3) is 0 Å². The van der Waals surface area contributed by atoms with Gasteiger partial charge in [0.2, 0.25) is 0 Å². The number of aromatic nitrogens is 2. The highest BCUT2D eigenvalue weighted by atomic mass is 16.6. The molecule has 4 heterocycles. The lowest BCUT2D eigenvalue weighted by molar-refractivity contribution is 0.0143. The first-order chi connectivity index (χ1) is 14.8. The lowest BCUT2D eigenvalue weighted by Gasteiger charge is -2.39. The van der Waals surface area contributed by atoms with Gasteiger partial charge < -0.3 is 19.1 Å². The largest absolute Gasteiger partial charge is 0.444 e. The smallest absolute Gasteiger partial charge is 0.410 e. The van der Waals surface area contributed by atoms with Crippen molar-refractivity contribution < 1.29 is 14.1 Å². The molecule has 1 atom stereocenters. The normalized spacial score (nSPS) is 22.6. The molecule has 0 N–H and O–H groups in total. The lowest BCUT2D eigenvalue weighted by atomic mass is 9.88. The van der Waals surface area contributed by atoms with E-state index in [1.54, 1.807) is 6.92 Å². The molecule has 0 bridgehead atoms. The van der Waals surface area contributed by atoms with Crippen LogP contribution in [0.5, 0.6) is 0 Å². The second-order valence-corrected chi connectivity index (χ2v) is 9.49. The Bertz CT molecular complexity index is 874. The minimum atomic E-state index is -0.451. The fourth-order valence-electron chi connectivity index (χ4n) is 4.60. The summed E-state index contributed by atoms with van der Waals surface area (Å²) in [6, 6.07) is 0.758. The first kappa shape index (κ1) is 21.5. The highest BCUT2D eigenvalue weighted by Gasteiger charge is 2.38. The molecule has 1 amide bonds. The summed E-state index contributed by atoms with van der Waals surface area (Å²) in [5.74, 6) is 1.14. The Morgan fingerprint density at radius 3 is 2.61 bits per heavy atom. The second kappa shape index (κ2) is 8.77. The SMILES string of the molecule is Cc1noc(N2C=CC=C(N3CCC([C@@H]4CCCN4C(=O)OC(C)(C)C)CC3)C=C2)n1. The maximum absolute atomic E-state index is 12.7. The molecule has 0 aromatic carbocycles. The minimum absolute atomic E-state index is 0.159. The zero-order valence-electron chi connectivity index (χ0n) is 19.0. The molecular weight excluding hydrogens is 394 g/mol. The van der Waals surface area contributed by atoms with E-state index in [-0.39, 0.29) is 6.09 Å². The zero-order chi connectivity index (χ0) is 22.0. The van der Waals surface area contributed by atoms with Gasteiger partial charge in [0, 0.05) is 43.8 Å². The second-order valence-electron chi connectivity index (χ2n) is 9.49. The Morgan fingerprint density at radius 2 is 1.94 bits per heavy atom. The number of carbonyl (C=O) groups excluding carboxylic acids is 1. The third kappa shape index (κ3) is 5.11. The van der Waals surface area contributed by atoms with Crippen LogP contribution in [0.2, 0.25) is 0 Å².